The van der Waals surface area contributed by atoms with Gasteiger partial charge in [0.25, 0.3) is 5.56 Å². The van der Waals surface area contributed by atoms with Crippen molar-refractivity contribution in [3.05, 3.63) is 22.4 Å². The highest BCUT2D eigenvalue weighted by atomic mass is 32.1. The molecule has 2 rings (SSSR count). The lowest BCUT2D eigenvalue weighted by molar-refractivity contribution is 1.07. The minimum Gasteiger partial charge on any atom is -0.312 e. The normalized spacial score (nSPS) is 9.93. The first-order chi connectivity index (χ1) is 7.33. The Kier molecular flexibility index (Phi) is 2.74. The van der Waals surface area contributed by atoms with Crippen molar-refractivity contribution in [1.82, 2.24) is 20.2 Å². The van der Waals surface area contributed by atoms with E-state index in [4.69, 9.17) is 0 Å². The maximum Gasteiger partial charge on any atom is 0.263 e. The molecule has 0 unspecified atom stereocenters. The average molecular weight is 220 g/mol. The number of hydrogen-bond acceptors (Lipinski definition) is 4. The van der Waals surface area contributed by atoms with Gasteiger partial charge in [0, 0.05) is 12.2 Å². The molecule has 2 heterocycles. The van der Waals surface area contributed by atoms with Gasteiger partial charge < -0.3 is 4.98 Å². The number of nitrogens with one attached hydrogen (secondary N) is 2. The Morgan fingerprint density at radius 3 is 3.20 bits per heavy atom. The van der Waals surface area contributed by atoms with Gasteiger partial charge >= 0.3 is 0 Å². The molecule has 0 bridgehead atoms. The monoisotopic (exact) mass is 220 g/mol. The predicted octanol–water partition coefficient (Wildman–Crippen LogP) is 0.318. The highest BCUT2D eigenvalue weighted by Gasteiger charge is 2.07. The third-order valence-electron chi connectivity index (χ3n) is 1.81. The summed E-state index contributed by atoms with van der Waals surface area (Å²) in [5, 5.41) is 6.97. The predicted molar refractivity (Wildman–Crippen MR) is 59.9 cm³/mol. The molecule has 0 aliphatic heterocycles. The van der Waals surface area contributed by atoms with Crippen molar-refractivity contribution in [2.45, 2.75) is 6.42 Å². The van der Waals surface area contributed by atoms with Gasteiger partial charge in [-0.25, -0.2) is 4.98 Å². The van der Waals surface area contributed by atoms with Crippen LogP contribution in [0.25, 0.3) is 11.0 Å². The number of aromatic amines is 2. The lowest BCUT2D eigenvalue weighted by Gasteiger charge is -1.85. The molecule has 0 aliphatic carbocycles. The van der Waals surface area contributed by atoms with E-state index in [2.05, 4.69) is 44.6 Å². The maximum absolute atomic E-state index is 11.5. The van der Waals surface area contributed by atoms with E-state index in [0.29, 0.717) is 28.9 Å². The lowest BCUT2D eigenvalue weighted by Crippen LogP contribution is -2.05. The molecule has 2 N–H and O–H groups in total. The van der Waals surface area contributed by atoms with Crippen LogP contribution in [0.3, 0.4) is 0 Å². The molecule has 0 atom stereocenters. The minimum atomic E-state index is -0.232. The summed E-state index contributed by atoms with van der Waals surface area (Å²) < 4.78 is 0. The van der Waals surface area contributed by atoms with Crippen molar-refractivity contribution in [1.29, 1.82) is 0 Å². The zero-order chi connectivity index (χ0) is 10.7. The molecule has 0 radical (unpaired) electrons. The van der Waals surface area contributed by atoms with E-state index in [1.807, 2.05) is 0 Å². The van der Waals surface area contributed by atoms with E-state index in [0.717, 1.165) is 0 Å². The van der Waals surface area contributed by atoms with Crippen LogP contribution in [-0.2, 0) is 0 Å². The third-order valence-corrected chi connectivity index (χ3v) is 2.03. The first-order valence-corrected chi connectivity index (χ1v) is 4.97. The van der Waals surface area contributed by atoms with Gasteiger partial charge in [-0.1, -0.05) is 5.92 Å². The van der Waals surface area contributed by atoms with E-state index in [1.165, 1.54) is 6.33 Å². The fourth-order valence-electron chi connectivity index (χ4n) is 1.16. The van der Waals surface area contributed by atoms with Crippen molar-refractivity contribution in [2.75, 3.05) is 5.75 Å². The Hall–Kier alpha value is -1.74. The average Bonchev–Trinajstić information content (AvgIpc) is 2.63. The Labute approximate surface area is 90.7 Å². The number of aromatic nitrogens is 4. The molecule has 76 valence electrons. The summed E-state index contributed by atoms with van der Waals surface area (Å²) >= 11 is 4.04. The highest BCUT2D eigenvalue weighted by molar-refractivity contribution is 7.80. The van der Waals surface area contributed by atoms with Crippen LogP contribution < -0.4 is 5.56 Å². The summed E-state index contributed by atoms with van der Waals surface area (Å²) in [6, 6.07) is 0. The van der Waals surface area contributed by atoms with Crippen LogP contribution in [0.15, 0.2) is 11.1 Å². The fraction of sp³-hybridized carbons (Fsp3) is 0.222. The molecule has 0 saturated carbocycles. The topological polar surface area (TPSA) is 74.4 Å². The second-order valence-electron chi connectivity index (χ2n) is 2.80. The summed E-state index contributed by atoms with van der Waals surface area (Å²) in [6.45, 7) is 0. The molecule has 0 saturated heterocycles. The molecule has 0 fully saturated rings. The van der Waals surface area contributed by atoms with E-state index < -0.39 is 0 Å². The maximum atomic E-state index is 11.5. The van der Waals surface area contributed by atoms with Gasteiger partial charge in [0.2, 0.25) is 0 Å². The molecule has 0 aromatic carbocycles. The summed E-state index contributed by atoms with van der Waals surface area (Å²) in [6.07, 6.45) is 1.98. The number of rotatable bonds is 1. The Bertz CT molecular complexity index is 589. The molecule has 6 heteroatoms. The summed E-state index contributed by atoms with van der Waals surface area (Å²) in [7, 11) is 0. The highest BCUT2D eigenvalue weighted by Crippen LogP contribution is 2.05. The third kappa shape index (κ3) is 1.87. The van der Waals surface area contributed by atoms with Crippen LogP contribution in [0.1, 0.15) is 12.1 Å². The number of hydrogen-bond donors (Lipinski definition) is 3. The van der Waals surface area contributed by atoms with Crippen LogP contribution in [0.2, 0.25) is 0 Å². The number of nitrogens with zero attached hydrogens (tertiary/aromatic N) is 2. The van der Waals surface area contributed by atoms with Gasteiger partial charge in [0.05, 0.1) is 6.33 Å². The summed E-state index contributed by atoms with van der Waals surface area (Å²) in [5.74, 6) is 6.40. The van der Waals surface area contributed by atoms with Crippen LogP contribution in [0, 0.1) is 11.8 Å². The first-order valence-electron chi connectivity index (χ1n) is 4.34. The number of fused-ring (bicyclic) bond motifs is 1. The Balaban J connectivity index is 2.55. The van der Waals surface area contributed by atoms with Crippen LogP contribution >= 0.6 is 12.6 Å². The molecule has 2 aromatic heterocycles. The van der Waals surface area contributed by atoms with Gasteiger partial charge in [-0.2, -0.15) is 17.7 Å². The smallest absolute Gasteiger partial charge is 0.263 e. The largest absolute Gasteiger partial charge is 0.312 e. The molecule has 0 aliphatic rings. The van der Waals surface area contributed by atoms with Crippen molar-refractivity contribution >= 4 is 23.7 Å². The van der Waals surface area contributed by atoms with Gasteiger partial charge in [0.15, 0.2) is 5.65 Å². The molecular formula is C9H8N4OS. The van der Waals surface area contributed by atoms with E-state index >= 15 is 0 Å². The molecule has 15 heavy (non-hydrogen) atoms. The zero-order valence-electron chi connectivity index (χ0n) is 7.74. The lowest BCUT2D eigenvalue weighted by atomic mass is 10.3. The molecule has 0 spiro atoms. The van der Waals surface area contributed by atoms with Gasteiger partial charge in [-0.3, -0.25) is 9.89 Å². The molecule has 5 nitrogen and oxygen atoms in total. The van der Waals surface area contributed by atoms with E-state index in [-0.39, 0.29) is 5.56 Å². The van der Waals surface area contributed by atoms with Gasteiger partial charge in [0.1, 0.15) is 11.1 Å². The standard InChI is InChI=1S/C9H8N4OS/c14-9-7-6(3-1-2-4-15)12-13-8(7)10-5-11-9/h5,15H,2,4H2,(H2,10,11,12,13,14). The first kappa shape index (κ1) is 9.80. The fourth-order valence-corrected chi connectivity index (χ4v) is 1.27. The number of H-pyrrole nitrogens is 2. The second kappa shape index (κ2) is 4.19. The van der Waals surface area contributed by atoms with Crippen molar-refractivity contribution < 1.29 is 0 Å². The van der Waals surface area contributed by atoms with Gasteiger partial charge in [-0.15, -0.1) is 0 Å². The summed E-state index contributed by atoms with van der Waals surface area (Å²) in [4.78, 5) is 17.8. The van der Waals surface area contributed by atoms with Crippen molar-refractivity contribution in [3.8, 4) is 11.8 Å². The Morgan fingerprint density at radius 2 is 2.40 bits per heavy atom. The molecule has 0 amide bonds. The molecular weight excluding hydrogens is 212 g/mol. The van der Waals surface area contributed by atoms with E-state index in [9.17, 15) is 4.79 Å². The van der Waals surface area contributed by atoms with Crippen molar-refractivity contribution in [2.24, 2.45) is 0 Å². The van der Waals surface area contributed by atoms with Crippen molar-refractivity contribution in [3.63, 3.8) is 0 Å². The van der Waals surface area contributed by atoms with Crippen LogP contribution in [0.5, 0.6) is 0 Å². The summed E-state index contributed by atoms with van der Waals surface area (Å²) in [5.41, 5.74) is 0.652. The van der Waals surface area contributed by atoms with Crippen LogP contribution in [0.4, 0.5) is 0 Å². The van der Waals surface area contributed by atoms with E-state index in [1.54, 1.807) is 0 Å². The number of thiol groups is 1. The Morgan fingerprint density at radius 1 is 1.53 bits per heavy atom. The zero-order valence-corrected chi connectivity index (χ0v) is 8.64. The SMILES string of the molecule is O=c1[nH]cnc2n[nH]c(C#CCCS)c12. The second-order valence-corrected chi connectivity index (χ2v) is 3.25. The van der Waals surface area contributed by atoms with Gasteiger partial charge in [-0.05, 0) is 5.92 Å². The van der Waals surface area contributed by atoms with Crippen LogP contribution in [-0.4, -0.2) is 25.9 Å². The minimum absolute atomic E-state index is 0.232. The quantitative estimate of drug-likeness (QED) is 0.478. The molecule has 2 aromatic rings.